The monoisotopic (exact) mass is 452 g/mol. The summed E-state index contributed by atoms with van der Waals surface area (Å²) in [5.41, 5.74) is 3.62. The maximum Gasteiger partial charge on any atom is 0.262 e. The number of halogens is 1. The minimum absolute atomic E-state index is 0.0606. The van der Waals surface area contributed by atoms with E-state index < -0.39 is 0 Å². The van der Waals surface area contributed by atoms with Gasteiger partial charge >= 0.3 is 0 Å². The SMILES string of the molecule is Cc1cccc(NC(=O)COc2ccc([C@@H]3SCC(=O)N3c3ccc(Cl)cc3)cc2)c1. The summed E-state index contributed by atoms with van der Waals surface area (Å²) in [6.45, 7) is 1.89. The molecule has 0 spiro atoms. The van der Waals surface area contributed by atoms with Gasteiger partial charge in [0.2, 0.25) is 5.91 Å². The number of thioether (sulfide) groups is 1. The van der Waals surface area contributed by atoms with Crippen molar-refractivity contribution >= 4 is 46.6 Å². The summed E-state index contributed by atoms with van der Waals surface area (Å²) >= 11 is 7.55. The third-order valence-electron chi connectivity index (χ3n) is 4.81. The number of amides is 2. The van der Waals surface area contributed by atoms with Gasteiger partial charge in [-0.2, -0.15) is 0 Å². The van der Waals surface area contributed by atoms with Crippen LogP contribution in [-0.2, 0) is 9.59 Å². The van der Waals surface area contributed by atoms with Crippen molar-refractivity contribution < 1.29 is 14.3 Å². The van der Waals surface area contributed by atoms with E-state index in [2.05, 4.69) is 5.32 Å². The number of hydrogen-bond acceptors (Lipinski definition) is 4. The van der Waals surface area contributed by atoms with Crippen molar-refractivity contribution in [3.63, 3.8) is 0 Å². The smallest absolute Gasteiger partial charge is 0.262 e. The fourth-order valence-corrected chi connectivity index (χ4v) is 4.65. The molecule has 158 valence electrons. The van der Waals surface area contributed by atoms with Crippen molar-refractivity contribution in [1.82, 2.24) is 0 Å². The predicted molar refractivity (Wildman–Crippen MR) is 126 cm³/mol. The van der Waals surface area contributed by atoms with Crippen LogP contribution >= 0.6 is 23.4 Å². The molecule has 0 unspecified atom stereocenters. The number of nitrogens with one attached hydrogen (secondary N) is 1. The topological polar surface area (TPSA) is 58.6 Å². The van der Waals surface area contributed by atoms with Gasteiger partial charge < -0.3 is 10.1 Å². The van der Waals surface area contributed by atoms with Gasteiger partial charge in [0.25, 0.3) is 5.91 Å². The van der Waals surface area contributed by atoms with E-state index in [9.17, 15) is 9.59 Å². The Kier molecular flexibility index (Phi) is 6.49. The van der Waals surface area contributed by atoms with Crippen LogP contribution in [0.25, 0.3) is 0 Å². The van der Waals surface area contributed by atoms with E-state index in [0.29, 0.717) is 16.5 Å². The quantitative estimate of drug-likeness (QED) is 0.540. The second kappa shape index (κ2) is 9.45. The highest BCUT2D eigenvalue weighted by Crippen LogP contribution is 2.42. The molecule has 2 amide bonds. The number of carbonyl (C=O) groups excluding carboxylic acids is 2. The molecule has 7 heteroatoms. The summed E-state index contributed by atoms with van der Waals surface area (Å²) in [5.74, 6) is 0.853. The molecule has 3 aromatic carbocycles. The molecular weight excluding hydrogens is 432 g/mol. The van der Waals surface area contributed by atoms with Gasteiger partial charge in [-0.15, -0.1) is 11.8 Å². The van der Waals surface area contributed by atoms with E-state index in [-0.39, 0.29) is 23.8 Å². The maximum absolute atomic E-state index is 12.5. The Morgan fingerprint density at radius 1 is 1.13 bits per heavy atom. The van der Waals surface area contributed by atoms with Crippen LogP contribution in [0.2, 0.25) is 5.02 Å². The summed E-state index contributed by atoms with van der Waals surface area (Å²) < 4.78 is 5.62. The summed E-state index contributed by atoms with van der Waals surface area (Å²) in [6, 6.07) is 22.4. The van der Waals surface area contributed by atoms with Crippen LogP contribution in [-0.4, -0.2) is 24.2 Å². The first-order valence-electron chi connectivity index (χ1n) is 9.78. The van der Waals surface area contributed by atoms with Gasteiger partial charge in [0.1, 0.15) is 11.1 Å². The zero-order valence-corrected chi connectivity index (χ0v) is 18.5. The zero-order chi connectivity index (χ0) is 21.8. The van der Waals surface area contributed by atoms with Crippen molar-refractivity contribution in [2.45, 2.75) is 12.3 Å². The molecule has 0 aliphatic carbocycles. The van der Waals surface area contributed by atoms with Crippen molar-refractivity contribution in [3.05, 3.63) is 88.9 Å². The average Bonchev–Trinajstić information content (AvgIpc) is 3.15. The Balaban J connectivity index is 1.39. The molecule has 0 aromatic heterocycles. The highest BCUT2D eigenvalue weighted by molar-refractivity contribution is 8.00. The van der Waals surface area contributed by atoms with Crippen molar-refractivity contribution in [3.8, 4) is 5.75 Å². The molecule has 5 nitrogen and oxygen atoms in total. The summed E-state index contributed by atoms with van der Waals surface area (Å²) in [7, 11) is 0. The Bertz CT molecular complexity index is 1090. The molecule has 1 heterocycles. The second-order valence-corrected chi connectivity index (χ2v) is 8.68. The molecule has 1 aliphatic heterocycles. The molecule has 1 N–H and O–H groups in total. The van der Waals surface area contributed by atoms with Crippen molar-refractivity contribution in [2.24, 2.45) is 0 Å². The molecule has 1 aliphatic rings. The average molecular weight is 453 g/mol. The number of carbonyl (C=O) groups is 2. The molecule has 4 rings (SSSR count). The number of hydrogen-bond donors (Lipinski definition) is 1. The predicted octanol–water partition coefficient (Wildman–Crippen LogP) is 5.44. The van der Waals surface area contributed by atoms with Gasteiger partial charge in [-0.3, -0.25) is 14.5 Å². The van der Waals surface area contributed by atoms with Crippen LogP contribution < -0.4 is 15.0 Å². The summed E-state index contributed by atoms with van der Waals surface area (Å²) in [5, 5.41) is 3.33. The van der Waals surface area contributed by atoms with Gasteiger partial charge in [0, 0.05) is 16.4 Å². The van der Waals surface area contributed by atoms with Gasteiger partial charge in [-0.05, 0) is 66.6 Å². The molecule has 0 bridgehead atoms. The van der Waals surface area contributed by atoms with Crippen LogP contribution in [0.3, 0.4) is 0 Å². The van der Waals surface area contributed by atoms with E-state index in [0.717, 1.165) is 22.5 Å². The van der Waals surface area contributed by atoms with Gasteiger partial charge in [0.05, 0.1) is 5.75 Å². The minimum atomic E-state index is -0.222. The first kappa shape index (κ1) is 21.3. The van der Waals surface area contributed by atoms with Crippen LogP contribution in [0.1, 0.15) is 16.5 Å². The fraction of sp³-hybridized carbons (Fsp3) is 0.167. The Labute approximate surface area is 190 Å². The van der Waals surface area contributed by atoms with E-state index >= 15 is 0 Å². The molecule has 31 heavy (non-hydrogen) atoms. The lowest BCUT2D eigenvalue weighted by molar-refractivity contribution is -0.118. The largest absolute Gasteiger partial charge is 0.484 e. The number of benzene rings is 3. The van der Waals surface area contributed by atoms with E-state index in [1.807, 2.05) is 67.6 Å². The maximum atomic E-state index is 12.5. The Hall–Kier alpha value is -2.96. The summed E-state index contributed by atoms with van der Waals surface area (Å²) in [6.07, 6.45) is 0. The molecule has 1 fully saturated rings. The zero-order valence-electron chi connectivity index (χ0n) is 16.9. The van der Waals surface area contributed by atoms with Gasteiger partial charge in [-0.1, -0.05) is 35.9 Å². The molecular formula is C24H21ClN2O3S. The van der Waals surface area contributed by atoms with Crippen LogP contribution in [0.4, 0.5) is 11.4 Å². The Morgan fingerprint density at radius 3 is 2.58 bits per heavy atom. The second-order valence-electron chi connectivity index (χ2n) is 7.18. The van der Waals surface area contributed by atoms with E-state index in [1.54, 1.807) is 28.8 Å². The van der Waals surface area contributed by atoms with E-state index in [1.165, 1.54) is 0 Å². The van der Waals surface area contributed by atoms with Crippen LogP contribution in [0.5, 0.6) is 5.75 Å². The molecule has 0 radical (unpaired) electrons. The van der Waals surface area contributed by atoms with Crippen molar-refractivity contribution in [2.75, 3.05) is 22.6 Å². The van der Waals surface area contributed by atoms with Crippen LogP contribution in [0, 0.1) is 6.92 Å². The lowest BCUT2D eigenvalue weighted by Crippen LogP contribution is -2.27. The molecule has 1 atom stereocenters. The minimum Gasteiger partial charge on any atom is -0.484 e. The number of anilines is 2. The van der Waals surface area contributed by atoms with Gasteiger partial charge in [-0.25, -0.2) is 0 Å². The standard InChI is InChI=1S/C24H21ClN2O3S/c1-16-3-2-4-19(13-16)26-22(28)14-30-21-11-5-17(6-12-21)24-27(23(29)15-31-24)20-9-7-18(25)8-10-20/h2-13,24H,14-15H2,1H3,(H,26,28)/t24-/m0/s1. The van der Waals surface area contributed by atoms with Gasteiger partial charge in [0.15, 0.2) is 6.61 Å². The fourth-order valence-electron chi connectivity index (χ4n) is 3.35. The third-order valence-corrected chi connectivity index (χ3v) is 6.27. The number of aryl methyl sites for hydroxylation is 1. The highest BCUT2D eigenvalue weighted by atomic mass is 35.5. The highest BCUT2D eigenvalue weighted by Gasteiger charge is 2.33. The number of rotatable bonds is 6. The molecule has 3 aromatic rings. The summed E-state index contributed by atoms with van der Waals surface area (Å²) in [4.78, 5) is 26.4. The number of nitrogens with zero attached hydrogens (tertiary/aromatic N) is 1. The first-order chi connectivity index (χ1) is 15.0. The lowest BCUT2D eigenvalue weighted by atomic mass is 10.2. The normalized spacial score (nSPS) is 15.7. The molecule has 0 saturated carbocycles. The van der Waals surface area contributed by atoms with Crippen LogP contribution in [0.15, 0.2) is 72.8 Å². The third kappa shape index (κ3) is 5.21. The number of ether oxygens (including phenoxy) is 1. The lowest BCUT2D eigenvalue weighted by Gasteiger charge is -2.24. The van der Waals surface area contributed by atoms with E-state index in [4.69, 9.17) is 16.3 Å². The van der Waals surface area contributed by atoms with Crippen molar-refractivity contribution in [1.29, 1.82) is 0 Å². The first-order valence-corrected chi connectivity index (χ1v) is 11.2. The Morgan fingerprint density at radius 2 is 1.87 bits per heavy atom. The molecule has 1 saturated heterocycles.